The van der Waals surface area contributed by atoms with E-state index >= 15 is 0 Å². The van der Waals surface area contributed by atoms with Crippen LogP contribution in [0.4, 0.5) is 0 Å². The number of nitrogens with zero attached hydrogens (tertiary/aromatic N) is 1. The van der Waals surface area contributed by atoms with Crippen LogP contribution in [0.5, 0.6) is 0 Å². The van der Waals surface area contributed by atoms with Crippen LogP contribution >= 0.6 is 11.3 Å². The molecule has 6 nitrogen and oxygen atoms in total. The largest absolute Gasteiger partial charge is 0.356 e. The zero-order chi connectivity index (χ0) is 15.7. The number of aryl methyl sites for hydroxylation is 1. The van der Waals surface area contributed by atoms with Gasteiger partial charge < -0.3 is 10.7 Å². The Morgan fingerprint density at radius 3 is 2.95 bits per heavy atom. The molecule has 0 spiro atoms. The van der Waals surface area contributed by atoms with E-state index in [0.29, 0.717) is 17.3 Å². The molecule has 3 aromatic heterocycles. The van der Waals surface area contributed by atoms with Gasteiger partial charge in [-0.25, -0.2) is 18.1 Å². The van der Waals surface area contributed by atoms with Crippen LogP contribution in [0.3, 0.4) is 0 Å². The van der Waals surface area contributed by atoms with Gasteiger partial charge in [0.05, 0.1) is 13.1 Å². The first-order chi connectivity index (χ1) is 10.5. The molecule has 116 valence electrons. The second-order valence-electron chi connectivity index (χ2n) is 4.94. The maximum absolute atomic E-state index is 12.2. The molecule has 3 aromatic rings. The molecule has 0 saturated heterocycles. The summed E-state index contributed by atoms with van der Waals surface area (Å²) < 4.78 is 27.2. The van der Waals surface area contributed by atoms with Crippen LogP contribution in [0.2, 0.25) is 0 Å². The summed E-state index contributed by atoms with van der Waals surface area (Å²) in [6.45, 7) is 2.83. The fourth-order valence-corrected chi connectivity index (χ4v) is 4.72. The minimum absolute atomic E-state index is 0.313. The van der Waals surface area contributed by atoms with Crippen LogP contribution in [0.15, 0.2) is 34.7 Å². The van der Waals surface area contributed by atoms with E-state index in [0.717, 1.165) is 27.2 Å². The van der Waals surface area contributed by atoms with Crippen molar-refractivity contribution in [2.75, 3.05) is 13.1 Å². The standard InChI is InChI=1S/C14H16N4O2S2/c1-9-8-11-10(4-6-16-14(11)18-9)12-2-3-13(21-12)22(19,20)17-7-5-15/h2-4,6,8,17H,5,7,15H2,1H3,(H,16,18)/p+1. The number of nitrogens with one attached hydrogen (secondary N) is 2. The lowest BCUT2D eigenvalue weighted by Gasteiger charge is -2.01. The van der Waals surface area contributed by atoms with Crippen LogP contribution < -0.4 is 10.5 Å². The molecule has 0 bridgehead atoms. The average Bonchev–Trinajstić information content (AvgIpc) is 3.10. The van der Waals surface area contributed by atoms with Gasteiger partial charge in [0.25, 0.3) is 0 Å². The number of thiophene rings is 1. The number of quaternary nitrogens is 1. The van der Waals surface area contributed by atoms with Gasteiger partial charge >= 0.3 is 0 Å². The first-order valence-electron chi connectivity index (χ1n) is 6.85. The lowest BCUT2D eigenvalue weighted by atomic mass is 10.1. The van der Waals surface area contributed by atoms with E-state index in [1.165, 1.54) is 11.3 Å². The van der Waals surface area contributed by atoms with Crippen LogP contribution in [0, 0.1) is 6.92 Å². The van der Waals surface area contributed by atoms with Crippen LogP contribution in [-0.2, 0) is 10.0 Å². The summed E-state index contributed by atoms with van der Waals surface area (Å²) in [4.78, 5) is 8.39. The highest BCUT2D eigenvalue weighted by Gasteiger charge is 2.18. The summed E-state index contributed by atoms with van der Waals surface area (Å²) in [7, 11) is -3.45. The van der Waals surface area contributed by atoms with Gasteiger partial charge in [-0.3, -0.25) is 0 Å². The molecular formula is C14H17N4O2S2+. The topological polar surface area (TPSA) is 102 Å². The molecule has 0 aliphatic carbocycles. The Morgan fingerprint density at radius 1 is 1.36 bits per heavy atom. The van der Waals surface area contributed by atoms with Crippen molar-refractivity contribution in [1.29, 1.82) is 0 Å². The second-order valence-corrected chi connectivity index (χ2v) is 8.02. The van der Waals surface area contributed by atoms with Gasteiger partial charge in [-0.05, 0) is 31.2 Å². The smallest absolute Gasteiger partial charge is 0.250 e. The van der Waals surface area contributed by atoms with E-state index in [-0.39, 0.29) is 0 Å². The number of aromatic amines is 1. The fraction of sp³-hybridized carbons (Fsp3) is 0.214. The molecule has 0 aromatic carbocycles. The third-order valence-corrected chi connectivity index (χ3v) is 6.32. The summed E-state index contributed by atoms with van der Waals surface area (Å²) in [5.41, 5.74) is 6.45. The molecule has 0 amide bonds. The van der Waals surface area contributed by atoms with Crippen molar-refractivity contribution < 1.29 is 14.2 Å². The number of fused-ring (bicyclic) bond motifs is 1. The Kier molecular flexibility index (Phi) is 4.00. The lowest BCUT2D eigenvalue weighted by Crippen LogP contribution is -2.54. The first kappa shape index (κ1) is 15.2. The number of sulfonamides is 1. The Morgan fingerprint density at radius 2 is 2.18 bits per heavy atom. The predicted octanol–water partition coefficient (Wildman–Crippen LogP) is 1.12. The van der Waals surface area contributed by atoms with Gasteiger partial charge in [-0.1, -0.05) is 0 Å². The number of aromatic nitrogens is 2. The molecule has 0 aliphatic rings. The van der Waals surface area contributed by atoms with Gasteiger partial charge in [0.15, 0.2) is 0 Å². The SMILES string of the molecule is Cc1cc2c(-c3ccc(S(=O)(=O)NCC[NH3+])s3)ccnc2[nH]1. The zero-order valence-corrected chi connectivity index (χ0v) is 13.7. The molecule has 0 unspecified atom stereocenters. The number of rotatable bonds is 5. The van der Waals surface area contributed by atoms with Gasteiger partial charge in [-0.2, -0.15) is 0 Å². The van der Waals surface area contributed by atoms with Crippen molar-refractivity contribution in [3.63, 3.8) is 0 Å². The van der Waals surface area contributed by atoms with Crippen molar-refractivity contribution in [3.8, 4) is 10.4 Å². The third-order valence-electron chi connectivity index (χ3n) is 3.25. The highest BCUT2D eigenvalue weighted by atomic mass is 32.2. The average molecular weight is 337 g/mol. The van der Waals surface area contributed by atoms with E-state index < -0.39 is 10.0 Å². The first-order valence-corrected chi connectivity index (χ1v) is 9.14. The van der Waals surface area contributed by atoms with E-state index in [1.54, 1.807) is 12.3 Å². The van der Waals surface area contributed by atoms with E-state index in [4.69, 9.17) is 0 Å². The van der Waals surface area contributed by atoms with Crippen molar-refractivity contribution in [3.05, 3.63) is 36.2 Å². The molecule has 8 heteroatoms. The molecule has 0 radical (unpaired) electrons. The quantitative estimate of drug-likeness (QED) is 0.650. The highest BCUT2D eigenvalue weighted by molar-refractivity contribution is 7.91. The van der Waals surface area contributed by atoms with Crippen molar-refractivity contribution >= 4 is 32.4 Å². The summed E-state index contributed by atoms with van der Waals surface area (Å²) >= 11 is 1.25. The highest BCUT2D eigenvalue weighted by Crippen LogP contribution is 2.34. The Hall–Kier alpha value is -1.74. The number of hydrogen-bond acceptors (Lipinski definition) is 4. The summed E-state index contributed by atoms with van der Waals surface area (Å²) in [6, 6.07) is 7.39. The molecule has 0 atom stereocenters. The van der Waals surface area contributed by atoms with Crippen LogP contribution in [-0.4, -0.2) is 31.5 Å². The third kappa shape index (κ3) is 2.78. The fourth-order valence-electron chi connectivity index (χ4n) is 2.26. The summed E-state index contributed by atoms with van der Waals surface area (Å²) in [5.74, 6) is 0. The minimum atomic E-state index is -3.45. The van der Waals surface area contributed by atoms with E-state index in [9.17, 15) is 8.42 Å². The van der Waals surface area contributed by atoms with Gasteiger partial charge in [0.1, 0.15) is 9.86 Å². The Labute approximate surface area is 132 Å². The monoisotopic (exact) mass is 337 g/mol. The van der Waals surface area contributed by atoms with Crippen molar-refractivity contribution in [2.24, 2.45) is 0 Å². The summed E-state index contributed by atoms with van der Waals surface area (Å²) in [5, 5.41) is 0.997. The number of pyridine rings is 1. The molecule has 3 rings (SSSR count). The van der Waals surface area contributed by atoms with E-state index in [1.807, 2.05) is 25.1 Å². The lowest BCUT2D eigenvalue weighted by molar-refractivity contribution is -0.364. The molecule has 3 heterocycles. The van der Waals surface area contributed by atoms with Crippen LogP contribution in [0.25, 0.3) is 21.5 Å². The molecular weight excluding hydrogens is 320 g/mol. The molecule has 5 N–H and O–H groups in total. The Bertz CT molecular complexity index is 912. The molecule has 22 heavy (non-hydrogen) atoms. The van der Waals surface area contributed by atoms with E-state index in [2.05, 4.69) is 20.4 Å². The zero-order valence-electron chi connectivity index (χ0n) is 12.1. The van der Waals surface area contributed by atoms with Crippen LogP contribution in [0.1, 0.15) is 5.69 Å². The molecule has 0 fully saturated rings. The van der Waals surface area contributed by atoms with Crippen molar-refractivity contribution in [2.45, 2.75) is 11.1 Å². The second kappa shape index (κ2) is 5.81. The minimum Gasteiger partial charge on any atom is -0.356 e. The molecule has 0 saturated carbocycles. The van der Waals surface area contributed by atoms with Gasteiger partial charge in [-0.15, -0.1) is 11.3 Å². The summed E-state index contributed by atoms with van der Waals surface area (Å²) in [6.07, 6.45) is 1.72. The maximum atomic E-state index is 12.2. The maximum Gasteiger partial charge on any atom is 0.250 e. The van der Waals surface area contributed by atoms with Crippen molar-refractivity contribution in [1.82, 2.24) is 14.7 Å². The predicted molar refractivity (Wildman–Crippen MR) is 87.1 cm³/mol. The number of H-pyrrole nitrogens is 1. The van der Waals surface area contributed by atoms with Gasteiger partial charge in [0, 0.05) is 27.7 Å². The molecule has 0 aliphatic heterocycles. The number of hydrogen-bond donors (Lipinski definition) is 3. The Balaban J connectivity index is 2.03. The normalized spacial score (nSPS) is 12.1. The van der Waals surface area contributed by atoms with Gasteiger partial charge in [0.2, 0.25) is 10.0 Å².